The van der Waals surface area contributed by atoms with E-state index in [1.807, 2.05) is 0 Å². The first kappa shape index (κ1) is 13.4. The highest BCUT2D eigenvalue weighted by Crippen LogP contribution is 2.23. The molecule has 0 spiro atoms. The number of alkyl halides is 3. The lowest BCUT2D eigenvalue weighted by Crippen LogP contribution is -2.55. The van der Waals surface area contributed by atoms with E-state index in [4.69, 9.17) is 0 Å². The highest BCUT2D eigenvalue weighted by Gasteiger charge is 2.40. The van der Waals surface area contributed by atoms with E-state index < -0.39 is 37.1 Å². The number of carbonyl (C=O) groups excluding carboxylic acids is 2. The molecule has 0 saturated carbocycles. The van der Waals surface area contributed by atoms with Gasteiger partial charge in [0.25, 0.3) is 5.91 Å². The van der Waals surface area contributed by atoms with Crippen molar-refractivity contribution in [1.82, 2.24) is 10.2 Å². The zero-order valence-electron chi connectivity index (χ0n) is 9.78. The van der Waals surface area contributed by atoms with Crippen LogP contribution in [0.2, 0.25) is 0 Å². The third-order valence-corrected chi connectivity index (χ3v) is 2.70. The number of hydrogen-bond donors (Lipinski definition) is 1. The molecule has 1 heterocycles. The average Bonchev–Trinajstić information content (AvgIpc) is 2.32. The molecule has 1 aromatic rings. The maximum Gasteiger partial charge on any atom is 0.406 e. The lowest BCUT2D eigenvalue weighted by Gasteiger charge is -2.33. The molecule has 2 rings (SSSR count). The molecule has 2 amide bonds. The summed E-state index contributed by atoms with van der Waals surface area (Å²) in [6.45, 7) is -1.98. The van der Waals surface area contributed by atoms with Crippen molar-refractivity contribution in [3.05, 3.63) is 35.9 Å². The minimum absolute atomic E-state index is 0.465. The Kier molecular flexibility index (Phi) is 3.46. The van der Waals surface area contributed by atoms with Gasteiger partial charge in [0.1, 0.15) is 12.6 Å². The maximum atomic E-state index is 12.3. The topological polar surface area (TPSA) is 49.4 Å². The molecule has 1 aliphatic heterocycles. The molecule has 102 valence electrons. The second-order valence-electron chi connectivity index (χ2n) is 4.22. The number of nitrogens with one attached hydrogen (secondary N) is 1. The van der Waals surface area contributed by atoms with E-state index in [0.29, 0.717) is 10.5 Å². The van der Waals surface area contributed by atoms with Crippen LogP contribution in [0.3, 0.4) is 0 Å². The fourth-order valence-electron chi connectivity index (χ4n) is 1.92. The van der Waals surface area contributed by atoms with Gasteiger partial charge in [-0.1, -0.05) is 30.3 Å². The van der Waals surface area contributed by atoms with Gasteiger partial charge in [-0.15, -0.1) is 0 Å². The molecule has 1 aliphatic rings. The van der Waals surface area contributed by atoms with Crippen molar-refractivity contribution in [1.29, 1.82) is 0 Å². The Hall–Kier alpha value is -2.05. The van der Waals surface area contributed by atoms with Crippen molar-refractivity contribution in [2.75, 3.05) is 13.1 Å². The van der Waals surface area contributed by atoms with Crippen molar-refractivity contribution in [3.63, 3.8) is 0 Å². The molecule has 0 radical (unpaired) electrons. The van der Waals surface area contributed by atoms with E-state index in [9.17, 15) is 22.8 Å². The monoisotopic (exact) mass is 272 g/mol. The molecule has 1 aromatic carbocycles. The number of halogens is 3. The first-order chi connectivity index (χ1) is 8.87. The third kappa shape index (κ3) is 3.24. The Morgan fingerprint density at radius 2 is 1.84 bits per heavy atom. The van der Waals surface area contributed by atoms with Gasteiger partial charge < -0.3 is 10.2 Å². The average molecular weight is 272 g/mol. The minimum Gasteiger partial charge on any atom is -0.339 e. The Labute approximate surface area is 107 Å². The van der Waals surface area contributed by atoms with Crippen LogP contribution in [0.4, 0.5) is 13.2 Å². The van der Waals surface area contributed by atoms with E-state index in [-0.39, 0.29) is 0 Å². The fraction of sp³-hybridized carbons (Fsp3) is 0.333. The van der Waals surface area contributed by atoms with Gasteiger partial charge in [0.15, 0.2) is 0 Å². The number of benzene rings is 1. The third-order valence-electron chi connectivity index (χ3n) is 2.70. The molecule has 0 bridgehead atoms. The van der Waals surface area contributed by atoms with Crippen LogP contribution in [0.15, 0.2) is 30.3 Å². The Morgan fingerprint density at radius 1 is 1.21 bits per heavy atom. The second-order valence-corrected chi connectivity index (χ2v) is 4.22. The number of hydrogen-bond acceptors (Lipinski definition) is 2. The van der Waals surface area contributed by atoms with Crippen LogP contribution in [0.25, 0.3) is 0 Å². The lowest BCUT2D eigenvalue weighted by molar-refractivity contribution is -0.168. The standard InChI is InChI=1S/C12H11F3N2O2/c13-12(14,15)7-17-6-9(18)16-10(11(17)19)8-4-2-1-3-5-8/h1-5,10H,6-7H2,(H,16,18). The van der Waals surface area contributed by atoms with E-state index in [0.717, 1.165) is 0 Å². The quantitative estimate of drug-likeness (QED) is 0.880. The van der Waals surface area contributed by atoms with E-state index in [2.05, 4.69) is 5.32 Å². The highest BCUT2D eigenvalue weighted by atomic mass is 19.4. The normalized spacial score (nSPS) is 20.4. The Morgan fingerprint density at radius 3 is 2.42 bits per heavy atom. The molecule has 1 unspecified atom stereocenters. The predicted octanol–water partition coefficient (Wildman–Crippen LogP) is 1.25. The predicted molar refractivity (Wildman–Crippen MR) is 60.0 cm³/mol. The summed E-state index contributed by atoms with van der Waals surface area (Å²) in [6, 6.07) is 7.13. The second kappa shape index (κ2) is 4.91. The number of carbonyl (C=O) groups is 2. The van der Waals surface area contributed by atoms with E-state index in [1.54, 1.807) is 30.3 Å². The molecule has 0 aromatic heterocycles. The summed E-state index contributed by atoms with van der Waals surface area (Å²) in [4.78, 5) is 23.9. The van der Waals surface area contributed by atoms with Gasteiger partial charge in [0, 0.05) is 0 Å². The van der Waals surface area contributed by atoms with Crippen molar-refractivity contribution in [2.24, 2.45) is 0 Å². The van der Waals surface area contributed by atoms with Gasteiger partial charge in [-0.05, 0) is 5.56 Å². The number of amides is 2. The van der Waals surface area contributed by atoms with Crippen LogP contribution >= 0.6 is 0 Å². The molecule has 7 heteroatoms. The van der Waals surface area contributed by atoms with Gasteiger partial charge in [-0.3, -0.25) is 9.59 Å². The fourth-order valence-corrected chi connectivity index (χ4v) is 1.92. The first-order valence-corrected chi connectivity index (χ1v) is 5.57. The summed E-state index contributed by atoms with van der Waals surface area (Å²) in [6.07, 6.45) is -4.52. The number of nitrogens with zero attached hydrogens (tertiary/aromatic N) is 1. The van der Waals surface area contributed by atoms with E-state index >= 15 is 0 Å². The molecule has 1 N–H and O–H groups in total. The van der Waals surface area contributed by atoms with E-state index in [1.165, 1.54) is 0 Å². The summed E-state index contributed by atoms with van der Waals surface area (Å²) in [5.74, 6) is -1.35. The van der Waals surface area contributed by atoms with Crippen LogP contribution in [0.1, 0.15) is 11.6 Å². The highest BCUT2D eigenvalue weighted by molar-refractivity contribution is 5.95. The summed E-state index contributed by atoms with van der Waals surface area (Å²) in [7, 11) is 0. The van der Waals surface area contributed by atoms with Crippen LogP contribution in [-0.2, 0) is 9.59 Å². The SMILES string of the molecule is O=C1CN(CC(F)(F)F)C(=O)C(c2ccccc2)N1. The molecule has 0 aliphatic carbocycles. The number of rotatable bonds is 2. The molecule has 1 fully saturated rings. The first-order valence-electron chi connectivity index (χ1n) is 5.57. The summed E-state index contributed by atoms with van der Waals surface area (Å²) in [5.41, 5.74) is 0.465. The minimum atomic E-state index is -4.52. The maximum absolute atomic E-state index is 12.3. The molecule has 4 nitrogen and oxygen atoms in total. The molecular weight excluding hydrogens is 261 g/mol. The van der Waals surface area contributed by atoms with Gasteiger partial charge in [0.05, 0.1) is 6.54 Å². The van der Waals surface area contributed by atoms with Crippen molar-refractivity contribution >= 4 is 11.8 Å². The Balaban J connectivity index is 2.22. The van der Waals surface area contributed by atoms with Crippen molar-refractivity contribution < 1.29 is 22.8 Å². The van der Waals surface area contributed by atoms with Crippen LogP contribution in [0, 0.1) is 0 Å². The van der Waals surface area contributed by atoms with Crippen molar-refractivity contribution in [2.45, 2.75) is 12.2 Å². The van der Waals surface area contributed by atoms with Gasteiger partial charge in [0.2, 0.25) is 5.91 Å². The van der Waals surface area contributed by atoms with Gasteiger partial charge in [-0.2, -0.15) is 13.2 Å². The summed E-state index contributed by atoms with van der Waals surface area (Å²) >= 11 is 0. The summed E-state index contributed by atoms with van der Waals surface area (Å²) < 4.78 is 37.0. The van der Waals surface area contributed by atoms with Crippen LogP contribution in [-0.4, -0.2) is 36.0 Å². The molecule has 1 saturated heterocycles. The zero-order chi connectivity index (χ0) is 14.0. The van der Waals surface area contributed by atoms with Gasteiger partial charge in [-0.25, -0.2) is 0 Å². The largest absolute Gasteiger partial charge is 0.406 e. The summed E-state index contributed by atoms with van der Waals surface area (Å²) in [5, 5.41) is 2.40. The van der Waals surface area contributed by atoms with Crippen LogP contribution < -0.4 is 5.32 Å². The molecule has 1 atom stereocenters. The lowest BCUT2D eigenvalue weighted by atomic mass is 10.0. The van der Waals surface area contributed by atoms with Crippen LogP contribution in [0.5, 0.6) is 0 Å². The van der Waals surface area contributed by atoms with Crippen molar-refractivity contribution in [3.8, 4) is 0 Å². The molecular formula is C12H11F3N2O2. The smallest absolute Gasteiger partial charge is 0.339 e. The number of piperazine rings is 1. The van der Waals surface area contributed by atoms with Gasteiger partial charge >= 0.3 is 6.18 Å². The Bertz CT molecular complexity index is 487. The molecule has 19 heavy (non-hydrogen) atoms. The zero-order valence-corrected chi connectivity index (χ0v) is 9.78.